The van der Waals surface area contributed by atoms with Crippen molar-refractivity contribution in [3.8, 4) is 0 Å². The molecule has 0 radical (unpaired) electrons. The normalized spacial score (nSPS) is 10.8. The third-order valence-electron chi connectivity index (χ3n) is 2.93. The molecule has 0 fully saturated rings. The molecule has 2 aromatic rings. The first-order valence-electron chi connectivity index (χ1n) is 6.94. The van der Waals surface area contributed by atoms with Gasteiger partial charge < -0.3 is 10.3 Å². The SMILES string of the molecule is CCCc1ncc(C[n+]2ccccc2C)c(N)n1.O=S(=O)([O-])O. The van der Waals surface area contributed by atoms with E-state index in [2.05, 4.69) is 34.4 Å². The zero-order valence-electron chi connectivity index (χ0n) is 13.0. The molecule has 0 atom stereocenters. The Morgan fingerprint density at radius 1 is 1.39 bits per heavy atom. The molecule has 0 spiro atoms. The first kappa shape index (κ1) is 18.9. The number of aryl methyl sites for hydroxylation is 2. The van der Waals surface area contributed by atoms with Gasteiger partial charge in [0, 0.05) is 31.7 Å². The summed E-state index contributed by atoms with van der Waals surface area (Å²) < 4.78 is 35.0. The van der Waals surface area contributed by atoms with Gasteiger partial charge in [0.15, 0.2) is 18.4 Å². The molecular formula is C14H20N4O4S. The van der Waals surface area contributed by atoms with Crippen molar-refractivity contribution in [3.63, 3.8) is 0 Å². The molecule has 2 heterocycles. The number of hydrogen-bond donors (Lipinski definition) is 2. The van der Waals surface area contributed by atoms with Gasteiger partial charge >= 0.3 is 0 Å². The first-order chi connectivity index (χ1) is 10.7. The van der Waals surface area contributed by atoms with Crippen molar-refractivity contribution in [1.29, 1.82) is 0 Å². The molecule has 0 bridgehead atoms. The van der Waals surface area contributed by atoms with Gasteiger partial charge in [-0.05, 0) is 6.42 Å². The van der Waals surface area contributed by atoms with E-state index in [1.54, 1.807) is 0 Å². The minimum atomic E-state index is -4.92. The molecule has 0 aliphatic heterocycles. The molecule has 3 N–H and O–H groups in total. The maximum absolute atomic E-state index is 8.63. The molecule has 23 heavy (non-hydrogen) atoms. The lowest BCUT2D eigenvalue weighted by molar-refractivity contribution is -0.694. The van der Waals surface area contributed by atoms with Crippen LogP contribution in [0.4, 0.5) is 5.82 Å². The summed E-state index contributed by atoms with van der Waals surface area (Å²) in [7, 11) is -4.92. The molecule has 8 nitrogen and oxygen atoms in total. The zero-order chi connectivity index (χ0) is 17.5. The highest BCUT2D eigenvalue weighted by molar-refractivity contribution is 7.79. The van der Waals surface area contributed by atoms with Gasteiger partial charge in [-0.2, -0.15) is 4.57 Å². The molecule has 0 unspecified atom stereocenters. The Bertz CT molecular complexity index is 742. The summed E-state index contributed by atoms with van der Waals surface area (Å²) in [5, 5.41) is 0. The van der Waals surface area contributed by atoms with Gasteiger partial charge in [-0.25, -0.2) is 18.4 Å². The number of nitrogens with zero attached hydrogens (tertiary/aromatic N) is 3. The van der Waals surface area contributed by atoms with Crippen molar-refractivity contribution in [1.82, 2.24) is 9.97 Å². The van der Waals surface area contributed by atoms with Crippen LogP contribution in [0.5, 0.6) is 0 Å². The van der Waals surface area contributed by atoms with E-state index in [4.69, 9.17) is 23.3 Å². The standard InChI is InChI=1S/C14H19N4.H2O4S/c1-3-6-13-16-9-12(14(15)17-13)10-18-8-5-4-7-11(18)2;1-5(2,3)4/h4-5,7-9H,3,6,10H2,1-2H3,(H2,15,16,17);(H2,1,2,3,4)/q+1;/p-1. The fraction of sp³-hybridized carbons (Fsp3) is 0.357. The second-order valence-corrected chi connectivity index (χ2v) is 5.70. The minimum Gasteiger partial charge on any atom is -0.726 e. The van der Waals surface area contributed by atoms with Crippen LogP contribution in [0.15, 0.2) is 30.6 Å². The first-order valence-corrected chi connectivity index (χ1v) is 8.31. The van der Waals surface area contributed by atoms with Crippen LogP contribution < -0.4 is 10.3 Å². The third-order valence-corrected chi connectivity index (χ3v) is 2.93. The highest BCUT2D eigenvalue weighted by Gasteiger charge is 2.11. The summed E-state index contributed by atoms with van der Waals surface area (Å²) in [5.41, 5.74) is 8.14. The number of rotatable bonds is 4. The lowest BCUT2D eigenvalue weighted by Gasteiger charge is -2.05. The molecule has 0 saturated carbocycles. The number of nitrogen functional groups attached to an aromatic ring is 1. The van der Waals surface area contributed by atoms with E-state index in [0.717, 1.165) is 24.2 Å². The van der Waals surface area contributed by atoms with Crippen LogP contribution in [0, 0.1) is 6.92 Å². The van der Waals surface area contributed by atoms with E-state index in [0.29, 0.717) is 12.4 Å². The Kier molecular flexibility index (Phi) is 7.01. The molecule has 0 aromatic carbocycles. The second kappa shape index (κ2) is 8.51. The van der Waals surface area contributed by atoms with Crippen LogP contribution >= 0.6 is 0 Å². The van der Waals surface area contributed by atoms with Gasteiger partial charge in [0.1, 0.15) is 11.6 Å². The Morgan fingerprint density at radius 2 is 2.04 bits per heavy atom. The van der Waals surface area contributed by atoms with Crippen LogP contribution in [-0.2, 0) is 23.4 Å². The van der Waals surface area contributed by atoms with Gasteiger partial charge in [0.25, 0.3) is 0 Å². The summed E-state index contributed by atoms with van der Waals surface area (Å²) >= 11 is 0. The third kappa shape index (κ3) is 7.63. The van der Waals surface area contributed by atoms with Crippen LogP contribution in [0.3, 0.4) is 0 Å². The Morgan fingerprint density at radius 3 is 2.57 bits per heavy atom. The fourth-order valence-corrected chi connectivity index (χ4v) is 1.85. The lowest BCUT2D eigenvalue weighted by atomic mass is 10.2. The molecule has 0 aliphatic carbocycles. The largest absolute Gasteiger partial charge is 0.726 e. The summed E-state index contributed by atoms with van der Waals surface area (Å²) in [5.74, 6) is 1.41. The Hall–Kier alpha value is -2.10. The number of pyridine rings is 1. The number of nitrogens with two attached hydrogens (primary N) is 1. The van der Waals surface area contributed by atoms with Gasteiger partial charge in [-0.1, -0.05) is 13.0 Å². The molecule has 2 rings (SSSR count). The highest BCUT2D eigenvalue weighted by Crippen LogP contribution is 2.08. The van der Waals surface area contributed by atoms with Gasteiger partial charge in [0.2, 0.25) is 10.4 Å². The summed E-state index contributed by atoms with van der Waals surface area (Å²) in [4.78, 5) is 8.69. The van der Waals surface area contributed by atoms with E-state index >= 15 is 0 Å². The molecule has 0 saturated heterocycles. The van der Waals surface area contributed by atoms with E-state index in [1.165, 1.54) is 5.69 Å². The van der Waals surface area contributed by atoms with Crippen LogP contribution in [0.25, 0.3) is 0 Å². The fourth-order valence-electron chi connectivity index (χ4n) is 1.85. The van der Waals surface area contributed by atoms with E-state index in [-0.39, 0.29) is 0 Å². The average Bonchev–Trinajstić information content (AvgIpc) is 2.42. The molecule has 2 aromatic heterocycles. The van der Waals surface area contributed by atoms with Crippen molar-refractivity contribution in [2.45, 2.75) is 33.2 Å². The van der Waals surface area contributed by atoms with Crippen molar-refractivity contribution in [2.75, 3.05) is 5.73 Å². The van der Waals surface area contributed by atoms with Gasteiger partial charge in [0.05, 0.1) is 5.56 Å². The van der Waals surface area contributed by atoms with E-state index < -0.39 is 10.4 Å². The monoisotopic (exact) mass is 340 g/mol. The number of hydrogen-bond acceptors (Lipinski definition) is 6. The highest BCUT2D eigenvalue weighted by atomic mass is 32.3. The maximum atomic E-state index is 8.63. The van der Waals surface area contributed by atoms with Crippen LogP contribution in [0.1, 0.15) is 30.4 Å². The quantitative estimate of drug-likeness (QED) is 0.474. The predicted molar refractivity (Wildman–Crippen MR) is 83.2 cm³/mol. The lowest BCUT2D eigenvalue weighted by Crippen LogP contribution is -2.37. The molecule has 0 amide bonds. The van der Waals surface area contributed by atoms with E-state index in [9.17, 15) is 0 Å². The second-order valence-electron chi connectivity index (χ2n) is 4.84. The predicted octanol–water partition coefficient (Wildman–Crippen LogP) is 0.660. The van der Waals surface area contributed by atoms with Crippen LogP contribution in [0.2, 0.25) is 0 Å². The van der Waals surface area contributed by atoms with Gasteiger partial charge in [-0.15, -0.1) is 0 Å². The molecule has 126 valence electrons. The summed E-state index contributed by atoms with van der Waals surface area (Å²) in [6, 6.07) is 6.11. The Balaban J connectivity index is 0.000000463. The minimum absolute atomic E-state index is 0.587. The molecular weight excluding hydrogens is 320 g/mol. The van der Waals surface area contributed by atoms with Crippen molar-refractivity contribution in [2.24, 2.45) is 0 Å². The number of aromatic nitrogens is 3. The smallest absolute Gasteiger partial charge is 0.215 e. The Labute approximate surface area is 135 Å². The summed E-state index contributed by atoms with van der Waals surface area (Å²) in [6.45, 7) is 4.89. The maximum Gasteiger partial charge on any atom is 0.215 e. The molecule has 9 heteroatoms. The van der Waals surface area contributed by atoms with Gasteiger partial charge in [-0.3, -0.25) is 4.55 Å². The molecule has 0 aliphatic rings. The van der Waals surface area contributed by atoms with Crippen molar-refractivity contribution >= 4 is 16.2 Å². The van der Waals surface area contributed by atoms with Crippen molar-refractivity contribution in [3.05, 3.63) is 47.7 Å². The van der Waals surface area contributed by atoms with Crippen molar-refractivity contribution < 1.29 is 22.1 Å². The topological polar surface area (TPSA) is 133 Å². The van der Waals surface area contributed by atoms with Crippen LogP contribution in [-0.4, -0.2) is 27.5 Å². The zero-order valence-corrected chi connectivity index (χ0v) is 13.8. The summed E-state index contributed by atoms with van der Waals surface area (Å²) in [6.07, 6.45) is 5.79. The van der Waals surface area contributed by atoms with E-state index in [1.807, 2.05) is 24.5 Å². The number of anilines is 1. The average molecular weight is 340 g/mol.